The van der Waals surface area contributed by atoms with Crippen molar-refractivity contribution < 1.29 is 9.32 Å². The molecule has 0 aliphatic heterocycles. The van der Waals surface area contributed by atoms with Gasteiger partial charge >= 0.3 is 6.03 Å². The largest absolute Gasteiger partial charge is 0.340 e. The van der Waals surface area contributed by atoms with Crippen LogP contribution < -0.4 is 21.2 Å². The lowest BCUT2D eigenvalue weighted by atomic mass is 10.0. The highest BCUT2D eigenvalue weighted by Crippen LogP contribution is 2.43. The maximum atomic E-state index is 12.8. The summed E-state index contributed by atoms with van der Waals surface area (Å²) >= 11 is 0. The summed E-state index contributed by atoms with van der Waals surface area (Å²) in [5.41, 5.74) is 4.15. The normalized spacial score (nSPS) is 12.7. The molecular formula is C30H31N2O2P. The smallest absolute Gasteiger partial charge is 0.319 e. The fourth-order valence-electron chi connectivity index (χ4n) is 3.99. The van der Waals surface area contributed by atoms with Crippen LogP contribution in [0, 0.1) is 13.8 Å². The van der Waals surface area contributed by atoms with E-state index in [9.17, 15) is 4.79 Å². The minimum atomic E-state index is -1.13. The molecule has 4 rings (SSSR count). The number of hydrogen-bond acceptors (Lipinski definition) is 2. The molecule has 5 heteroatoms. The molecule has 0 fully saturated rings. The predicted molar refractivity (Wildman–Crippen MR) is 147 cm³/mol. The predicted octanol–water partition coefficient (Wildman–Crippen LogP) is 6.62. The SMILES string of the molecule is Cc1ccccc1P(O[C@H](c1ccccc1)[C@H](C)NC(=O)Nc1ccccc1)c1ccccc1C. The molecule has 4 aromatic rings. The summed E-state index contributed by atoms with van der Waals surface area (Å²) in [7, 11) is -1.13. The molecular weight excluding hydrogens is 451 g/mol. The topological polar surface area (TPSA) is 50.4 Å². The first-order valence-electron chi connectivity index (χ1n) is 11.8. The Balaban J connectivity index is 1.66. The number of aryl methyl sites for hydroxylation is 2. The van der Waals surface area contributed by atoms with Gasteiger partial charge in [0.25, 0.3) is 0 Å². The van der Waals surface area contributed by atoms with Gasteiger partial charge in [-0.15, -0.1) is 0 Å². The van der Waals surface area contributed by atoms with Crippen LogP contribution in [-0.2, 0) is 4.52 Å². The Kier molecular flexibility index (Phi) is 8.31. The monoisotopic (exact) mass is 482 g/mol. The van der Waals surface area contributed by atoms with E-state index in [2.05, 4.69) is 85.1 Å². The zero-order valence-corrected chi connectivity index (χ0v) is 21.2. The van der Waals surface area contributed by atoms with E-state index in [1.165, 1.54) is 21.7 Å². The van der Waals surface area contributed by atoms with Gasteiger partial charge in [0.1, 0.15) is 6.10 Å². The van der Waals surface area contributed by atoms with Gasteiger partial charge in [0.05, 0.1) is 14.2 Å². The van der Waals surface area contributed by atoms with E-state index >= 15 is 0 Å². The Morgan fingerprint density at radius 1 is 0.714 bits per heavy atom. The first kappa shape index (κ1) is 24.7. The molecule has 0 unspecified atom stereocenters. The van der Waals surface area contributed by atoms with Crippen LogP contribution in [0.4, 0.5) is 10.5 Å². The molecule has 0 radical (unpaired) electrons. The van der Waals surface area contributed by atoms with Gasteiger partial charge in [-0.1, -0.05) is 97.1 Å². The first-order chi connectivity index (χ1) is 17.0. The number of amides is 2. The van der Waals surface area contributed by atoms with Crippen molar-refractivity contribution in [2.24, 2.45) is 0 Å². The van der Waals surface area contributed by atoms with Gasteiger partial charge in [0.15, 0.2) is 0 Å². The third-order valence-corrected chi connectivity index (χ3v) is 8.18. The second-order valence-electron chi connectivity index (χ2n) is 8.56. The lowest BCUT2D eigenvalue weighted by Gasteiger charge is -2.31. The molecule has 4 aromatic carbocycles. The molecule has 0 aliphatic carbocycles. The van der Waals surface area contributed by atoms with Crippen molar-refractivity contribution in [3.63, 3.8) is 0 Å². The van der Waals surface area contributed by atoms with Crippen molar-refractivity contribution in [3.05, 3.63) is 126 Å². The number of carbonyl (C=O) groups is 1. The third-order valence-electron chi connectivity index (χ3n) is 5.86. The van der Waals surface area contributed by atoms with Crippen LogP contribution in [0.3, 0.4) is 0 Å². The summed E-state index contributed by atoms with van der Waals surface area (Å²) in [4.78, 5) is 12.8. The van der Waals surface area contributed by atoms with Crippen molar-refractivity contribution in [1.29, 1.82) is 0 Å². The van der Waals surface area contributed by atoms with Gasteiger partial charge in [0, 0.05) is 16.3 Å². The van der Waals surface area contributed by atoms with E-state index in [-0.39, 0.29) is 18.2 Å². The number of hydrogen-bond donors (Lipinski definition) is 2. The number of urea groups is 1. The van der Waals surface area contributed by atoms with Crippen LogP contribution in [0.2, 0.25) is 0 Å². The summed E-state index contributed by atoms with van der Waals surface area (Å²) in [6.45, 7) is 6.24. The molecule has 2 N–H and O–H groups in total. The quantitative estimate of drug-likeness (QED) is 0.277. The van der Waals surface area contributed by atoms with Crippen molar-refractivity contribution in [2.75, 3.05) is 5.32 Å². The molecule has 35 heavy (non-hydrogen) atoms. The summed E-state index contributed by atoms with van der Waals surface area (Å²) in [5, 5.41) is 8.37. The number of rotatable bonds is 8. The van der Waals surface area contributed by atoms with Gasteiger partial charge in [-0.25, -0.2) is 4.79 Å². The third kappa shape index (κ3) is 6.36. The van der Waals surface area contributed by atoms with E-state index in [0.29, 0.717) is 0 Å². The van der Waals surface area contributed by atoms with Gasteiger partial charge in [-0.05, 0) is 49.6 Å². The van der Waals surface area contributed by atoms with E-state index in [4.69, 9.17) is 4.52 Å². The first-order valence-corrected chi connectivity index (χ1v) is 13.0. The van der Waals surface area contributed by atoms with Gasteiger partial charge in [0.2, 0.25) is 0 Å². The molecule has 0 spiro atoms. The standard InChI is InChI=1S/C30H31N2O2P/c1-22-14-10-12-20-27(22)35(28-21-13-11-15-23(28)2)34-29(25-16-6-4-7-17-25)24(3)31-30(33)32-26-18-8-5-9-19-26/h4-21,24,29H,1-3H3,(H2,31,32,33)/t24-,29-/m0/s1. The minimum Gasteiger partial charge on any atom is -0.340 e. The molecule has 0 aromatic heterocycles. The lowest BCUT2D eigenvalue weighted by molar-refractivity contribution is 0.185. The van der Waals surface area contributed by atoms with Crippen LogP contribution in [0.15, 0.2) is 109 Å². The highest BCUT2D eigenvalue weighted by Gasteiger charge is 2.29. The Morgan fingerprint density at radius 2 is 1.20 bits per heavy atom. The summed E-state index contributed by atoms with van der Waals surface area (Å²) in [6.07, 6.45) is -0.344. The molecule has 2 atom stereocenters. The molecule has 4 nitrogen and oxygen atoms in total. The molecule has 0 saturated heterocycles. The van der Waals surface area contributed by atoms with Crippen LogP contribution in [0.25, 0.3) is 0 Å². The van der Waals surface area contributed by atoms with Crippen molar-refractivity contribution in [3.8, 4) is 0 Å². The zero-order chi connectivity index (χ0) is 24.6. The molecule has 0 aliphatic rings. The summed E-state index contributed by atoms with van der Waals surface area (Å²) < 4.78 is 7.01. The number of nitrogens with one attached hydrogen (secondary N) is 2. The van der Waals surface area contributed by atoms with E-state index < -0.39 is 8.15 Å². The highest BCUT2D eigenvalue weighted by atomic mass is 31.1. The number of carbonyl (C=O) groups excluding carboxylic acids is 1. The van der Waals surface area contributed by atoms with E-state index in [1.807, 2.05) is 55.5 Å². The van der Waals surface area contributed by atoms with E-state index in [1.54, 1.807) is 0 Å². The van der Waals surface area contributed by atoms with Crippen LogP contribution in [-0.4, -0.2) is 12.1 Å². The maximum absolute atomic E-state index is 12.8. The molecule has 0 heterocycles. The molecule has 178 valence electrons. The van der Waals surface area contributed by atoms with E-state index in [0.717, 1.165) is 11.3 Å². The average Bonchev–Trinajstić information content (AvgIpc) is 2.87. The Labute approximate surface area is 209 Å². The average molecular weight is 483 g/mol. The fraction of sp³-hybridized carbons (Fsp3) is 0.167. The summed E-state index contributed by atoms with van der Waals surface area (Å²) in [5.74, 6) is 0. The molecule has 2 amide bonds. The highest BCUT2D eigenvalue weighted by molar-refractivity contribution is 7.68. The number of benzene rings is 4. The summed E-state index contributed by atoms with van der Waals surface area (Å²) in [6, 6.07) is 35.8. The maximum Gasteiger partial charge on any atom is 0.319 e. The van der Waals surface area contributed by atoms with Crippen LogP contribution in [0.5, 0.6) is 0 Å². The van der Waals surface area contributed by atoms with Gasteiger partial charge < -0.3 is 15.2 Å². The van der Waals surface area contributed by atoms with Crippen molar-refractivity contribution in [2.45, 2.75) is 32.9 Å². The number of anilines is 1. The van der Waals surface area contributed by atoms with Crippen molar-refractivity contribution >= 4 is 30.5 Å². The Hall–Kier alpha value is -3.46. The van der Waals surface area contributed by atoms with Gasteiger partial charge in [-0.2, -0.15) is 0 Å². The van der Waals surface area contributed by atoms with Crippen molar-refractivity contribution in [1.82, 2.24) is 5.32 Å². The van der Waals surface area contributed by atoms with Gasteiger partial charge in [-0.3, -0.25) is 0 Å². The van der Waals surface area contributed by atoms with Crippen LogP contribution >= 0.6 is 8.15 Å². The Morgan fingerprint density at radius 3 is 1.74 bits per heavy atom. The second kappa shape index (κ2) is 11.8. The van der Waals surface area contributed by atoms with Crippen LogP contribution in [0.1, 0.15) is 29.7 Å². The minimum absolute atomic E-state index is 0.260. The Bertz CT molecular complexity index is 1200. The molecule has 0 bridgehead atoms. The fourth-order valence-corrected chi connectivity index (χ4v) is 6.24. The zero-order valence-electron chi connectivity index (χ0n) is 20.3. The number of para-hydroxylation sites is 1. The molecule has 0 saturated carbocycles. The lowest BCUT2D eigenvalue weighted by Crippen LogP contribution is -2.40. The second-order valence-corrected chi connectivity index (χ2v) is 10.3.